The van der Waals surface area contributed by atoms with Gasteiger partial charge in [-0.25, -0.2) is 8.42 Å². The molecule has 2 aromatic heterocycles. The second-order valence-corrected chi connectivity index (χ2v) is 10.1. The molecule has 32 heavy (non-hydrogen) atoms. The van der Waals surface area contributed by atoms with Crippen molar-refractivity contribution in [3.63, 3.8) is 0 Å². The average Bonchev–Trinajstić information content (AvgIpc) is 3.60. The summed E-state index contributed by atoms with van der Waals surface area (Å²) in [5.74, 6) is 0.999. The van der Waals surface area contributed by atoms with Gasteiger partial charge in [-0.15, -0.1) is 10.2 Å². The number of carbonyl (C=O) groups excluding carboxylic acids is 1. The predicted molar refractivity (Wildman–Crippen MR) is 114 cm³/mol. The van der Waals surface area contributed by atoms with Crippen molar-refractivity contribution in [2.45, 2.75) is 36.5 Å². The monoisotopic (exact) mass is 456 g/mol. The van der Waals surface area contributed by atoms with Crippen LogP contribution in [0.25, 0.3) is 11.5 Å². The van der Waals surface area contributed by atoms with Crippen LogP contribution in [0.4, 0.5) is 0 Å². The molecule has 1 amide bonds. The minimum atomic E-state index is -3.48. The molecule has 0 unspecified atom stereocenters. The summed E-state index contributed by atoms with van der Waals surface area (Å²) < 4.78 is 37.7. The standard InChI is InChI=1S/C22H24N4O5S/c27-22(17-3-5-19(6-4-17)32(28,29)26-10-1-2-11-26)25-12-7-16(8-13-25)20-23-24-21(31-20)18-9-14-30-15-18/h3-6,9,14-16H,1-2,7-8,10-13H2. The zero-order valence-electron chi connectivity index (χ0n) is 17.5. The molecule has 4 heterocycles. The molecule has 2 fully saturated rings. The largest absolute Gasteiger partial charge is 0.472 e. The Hall–Kier alpha value is -2.98. The molecule has 0 bridgehead atoms. The fraction of sp³-hybridized carbons (Fsp3) is 0.409. The van der Waals surface area contributed by atoms with Gasteiger partial charge in [0, 0.05) is 37.7 Å². The Labute approximate surface area is 186 Å². The fourth-order valence-electron chi connectivity index (χ4n) is 4.26. The Morgan fingerprint density at radius 1 is 0.969 bits per heavy atom. The molecule has 0 saturated carbocycles. The molecular weight excluding hydrogens is 432 g/mol. The number of amides is 1. The molecule has 3 aromatic rings. The van der Waals surface area contributed by atoms with Crippen LogP contribution in [-0.2, 0) is 10.0 Å². The van der Waals surface area contributed by atoms with Gasteiger partial charge in [0.1, 0.15) is 6.26 Å². The van der Waals surface area contributed by atoms with Crippen molar-refractivity contribution in [3.8, 4) is 11.5 Å². The van der Waals surface area contributed by atoms with Gasteiger partial charge in [-0.05, 0) is 56.0 Å². The summed E-state index contributed by atoms with van der Waals surface area (Å²) in [6.45, 7) is 2.25. The van der Waals surface area contributed by atoms with Crippen molar-refractivity contribution in [2.75, 3.05) is 26.2 Å². The van der Waals surface area contributed by atoms with Crippen molar-refractivity contribution < 1.29 is 22.0 Å². The number of rotatable bonds is 5. The molecule has 9 nitrogen and oxygen atoms in total. The van der Waals surface area contributed by atoms with Gasteiger partial charge in [0.2, 0.25) is 15.9 Å². The molecule has 5 rings (SSSR count). The second kappa shape index (κ2) is 8.51. The lowest BCUT2D eigenvalue weighted by Gasteiger charge is -2.30. The number of likely N-dealkylation sites (tertiary alicyclic amines) is 1. The lowest BCUT2D eigenvalue weighted by Crippen LogP contribution is -2.38. The van der Waals surface area contributed by atoms with E-state index in [4.69, 9.17) is 8.83 Å². The van der Waals surface area contributed by atoms with Gasteiger partial charge >= 0.3 is 0 Å². The highest BCUT2D eigenvalue weighted by Gasteiger charge is 2.30. The van der Waals surface area contributed by atoms with Gasteiger partial charge in [-0.1, -0.05) is 0 Å². The third-order valence-corrected chi connectivity index (χ3v) is 8.06. The smallest absolute Gasteiger partial charge is 0.253 e. The number of benzene rings is 1. The van der Waals surface area contributed by atoms with Crippen molar-refractivity contribution in [3.05, 3.63) is 54.3 Å². The van der Waals surface area contributed by atoms with Crippen LogP contribution in [0, 0.1) is 0 Å². The van der Waals surface area contributed by atoms with Crippen molar-refractivity contribution >= 4 is 15.9 Å². The molecule has 0 aliphatic carbocycles. The summed E-state index contributed by atoms with van der Waals surface area (Å²) >= 11 is 0. The highest BCUT2D eigenvalue weighted by molar-refractivity contribution is 7.89. The third kappa shape index (κ3) is 3.95. The number of aromatic nitrogens is 2. The molecular formula is C22H24N4O5S. The number of furan rings is 1. The van der Waals surface area contributed by atoms with Crippen LogP contribution < -0.4 is 0 Å². The quantitative estimate of drug-likeness (QED) is 0.580. The molecule has 0 atom stereocenters. The number of sulfonamides is 1. The van der Waals surface area contributed by atoms with E-state index in [2.05, 4.69) is 10.2 Å². The number of carbonyl (C=O) groups is 1. The third-order valence-electron chi connectivity index (χ3n) is 6.14. The SMILES string of the molecule is O=C(c1ccc(S(=O)(=O)N2CCCC2)cc1)N1CCC(c2nnc(-c3ccoc3)o2)CC1. The van der Waals surface area contributed by atoms with Crippen LogP contribution in [0.5, 0.6) is 0 Å². The van der Waals surface area contributed by atoms with Crippen LogP contribution in [0.1, 0.15) is 47.8 Å². The van der Waals surface area contributed by atoms with E-state index in [0.29, 0.717) is 43.5 Å². The molecule has 168 valence electrons. The number of nitrogens with zero attached hydrogens (tertiary/aromatic N) is 4. The molecule has 2 saturated heterocycles. The molecule has 1 aromatic carbocycles. The van der Waals surface area contributed by atoms with Gasteiger partial charge in [-0.2, -0.15) is 4.31 Å². The van der Waals surface area contributed by atoms with E-state index < -0.39 is 10.0 Å². The summed E-state index contributed by atoms with van der Waals surface area (Å²) in [6, 6.07) is 8.03. The Kier molecular flexibility index (Phi) is 5.56. The van der Waals surface area contributed by atoms with Gasteiger partial charge in [-0.3, -0.25) is 4.79 Å². The first-order chi connectivity index (χ1) is 15.5. The first-order valence-corrected chi connectivity index (χ1v) is 12.2. The minimum absolute atomic E-state index is 0.0974. The molecule has 10 heteroatoms. The normalized spacial score (nSPS) is 18.3. The van der Waals surface area contributed by atoms with E-state index in [1.54, 1.807) is 35.6 Å². The maximum Gasteiger partial charge on any atom is 0.253 e. The second-order valence-electron chi connectivity index (χ2n) is 8.16. The van der Waals surface area contributed by atoms with E-state index >= 15 is 0 Å². The predicted octanol–water partition coefficient (Wildman–Crippen LogP) is 3.13. The van der Waals surface area contributed by atoms with E-state index in [1.165, 1.54) is 16.4 Å². The van der Waals surface area contributed by atoms with Crippen LogP contribution in [0.3, 0.4) is 0 Å². The van der Waals surface area contributed by atoms with E-state index in [9.17, 15) is 13.2 Å². The van der Waals surface area contributed by atoms with Gasteiger partial charge in [0.15, 0.2) is 0 Å². The topological polar surface area (TPSA) is 110 Å². The summed E-state index contributed by atoms with van der Waals surface area (Å²) in [6.07, 6.45) is 6.33. The minimum Gasteiger partial charge on any atom is -0.472 e. The summed E-state index contributed by atoms with van der Waals surface area (Å²) in [5, 5.41) is 8.25. The van der Waals surface area contributed by atoms with Crippen molar-refractivity contribution in [1.29, 1.82) is 0 Å². The Morgan fingerprint density at radius 3 is 2.34 bits per heavy atom. The summed E-state index contributed by atoms with van der Waals surface area (Å²) in [5.41, 5.74) is 1.23. The highest BCUT2D eigenvalue weighted by atomic mass is 32.2. The molecule has 0 spiro atoms. The van der Waals surface area contributed by atoms with Crippen molar-refractivity contribution in [1.82, 2.24) is 19.4 Å². The summed E-state index contributed by atoms with van der Waals surface area (Å²) in [4.78, 5) is 14.9. The van der Waals surface area contributed by atoms with E-state index in [-0.39, 0.29) is 16.7 Å². The van der Waals surface area contributed by atoms with Gasteiger partial charge in [0.25, 0.3) is 11.8 Å². The van der Waals surface area contributed by atoms with Crippen LogP contribution in [0.2, 0.25) is 0 Å². The lowest BCUT2D eigenvalue weighted by atomic mass is 9.96. The Bertz CT molecular complexity index is 1170. The lowest BCUT2D eigenvalue weighted by molar-refractivity contribution is 0.0706. The van der Waals surface area contributed by atoms with E-state index in [0.717, 1.165) is 31.2 Å². The molecule has 2 aliphatic heterocycles. The zero-order valence-corrected chi connectivity index (χ0v) is 18.3. The average molecular weight is 457 g/mol. The number of hydrogen-bond donors (Lipinski definition) is 0. The fourth-order valence-corrected chi connectivity index (χ4v) is 5.78. The molecule has 0 radical (unpaired) electrons. The highest BCUT2D eigenvalue weighted by Crippen LogP contribution is 2.30. The summed E-state index contributed by atoms with van der Waals surface area (Å²) in [7, 11) is -3.48. The van der Waals surface area contributed by atoms with Gasteiger partial charge < -0.3 is 13.7 Å². The Morgan fingerprint density at radius 2 is 1.69 bits per heavy atom. The molecule has 0 N–H and O–H groups in total. The first-order valence-electron chi connectivity index (χ1n) is 10.8. The first kappa shape index (κ1) is 20.9. The van der Waals surface area contributed by atoms with Crippen LogP contribution in [0.15, 0.2) is 56.6 Å². The van der Waals surface area contributed by atoms with Crippen molar-refractivity contribution in [2.24, 2.45) is 0 Å². The maximum absolute atomic E-state index is 12.9. The molecule has 2 aliphatic rings. The maximum atomic E-state index is 12.9. The number of piperidine rings is 1. The van der Waals surface area contributed by atoms with Crippen LogP contribution in [-0.4, -0.2) is 59.9 Å². The van der Waals surface area contributed by atoms with Crippen LogP contribution >= 0.6 is 0 Å². The Balaban J connectivity index is 1.21. The zero-order chi connectivity index (χ0) is 22.1. The van der Waals surface area contributed by atoms with Gasteiger partial charge in [0.05, 0.1) is 16.7 Å². The van der Waals surface area contributed by atoms with E-state index in [1.807, 2.05) is 0 Å². The number of hydrogen-bond acceptors (Lipinski definition) is 7.